The normalized spacial score (nSPS) is 12.2. The fourth-order valence-corrected chi connectivity index (χ4v) is 1.51. The first-order chi connectivity index (χ1) is 6.13. The van der Waals surface area contributed by atoms with Gasteiger partial charge in [0, 0.05) is 4.48 Å². The van der Waals surface area contributed by atoms with Crippen LogP contribution in [-0.4, -0.2) is 5.91 Å². The van der Waals surface area contributed by atoms with Crippen LogP contribution in [0, 0.1) is 0 Å². The van der Waals surface area contributed by atoms with Gasteiger partial charge in [0.15, 0.2) is 0 Å². The lowest BCUT2D eigenvalue weighted by Gasteiger charge is -2.00. The van der Waals surface area contributed by atoms with E-state index in [1.807, 2.05) is 30.3 Å². The van der Waals surface area contributed by atoms with Crippen LogP contribution < -0.4 is 5.73 Å². The molecule has 2 N–H and O–H groups in total. The highest BCUT2D eigenvalue weighted by molar-refractivity contribution is 9.16. The number of hydrogen-bond donors (Lipinski definition) is 1. The standard InChI is InChI=1S/C9H7Br2NO/c10-7(8(11)9(12)13)6-4-2-1-3-5-6/h1-5H,(H2,12,13). The van der Waals surface area contributed by atoms with E-state index in [1.165, 1.54) is 0 Å². The fourth-order valence-electron chi connectivity index (χ4n) is 0.819. The molecule has 0 radical (unpaired) electrons. The molecule has 0 saturated carbocycles. The smallest absolute Gasteiger partial charge is 0.256 e. The summed E-state index contributed by atoms with van der Waals surface area (Å²) in [6.07, 6.45) is 0. The molecule has 2 nitrogen and oxygen atoms in total. The van der Waals surface area contributed by atoms with Crippen LogP contribution in [0.4, 0.5) is 0 Å². The average Bonchev–Trinajstić information content (AvgIpc) is 2.17. The second kappa shape index (κ2) is 4.58. The van der Waals surface area contributed by atoms with Crippen molar-refractivity contribution in [2.45, 2.75) is 0 Å². The van der Waals surface area contributed by atoms with E-state index in [2.05, 4.69) is 31.9 Å². The van der Waals surface area contributed by atoms with Gasteiger partial charge in [-0.3, -0.25) is 4.79 Å². The van der Waals surface area contributed by atoms with Gasteiger partial charge in [-0.25, -0.2) is 0 Å². The van der Waals surface area contributed by atoms with Crippen molar-refractivity contribution in [2.24, 2.45) is 5.73 Å². The molecule has 1 rings (SSSR count). The van der Waals surface area contributed by atoms with Gasteiger partial charge in [-0.2, -0.15) is 0 Å². The minimum absolute atomic E-state index is 0.346. The molecule has 1 aromatic rings. The lowest BCUT2D eigenvalue weighted by atomic mass is 10.2. The monoisotopic (exact) mass is 303 g/mol. The van der Waals surface area contributed by atoms with E-state index in [4.69, 9.17) is 5.73 Å². The molecular formula is C9H7Br2NO. The highest BCUT2D eigenvalue weighted by Crippen LogP contribution is 2.27. The SMILES string of the molecule is NC(=O)C(Br)=C(Br)c1ccccc1. The lowest BCUT2D eigenvalue weighted by molar-refractivity contribution is -0.113. The molecule has 0 atom stereocenters. The lowest BCUT2D eigenvalue weighted by Crippen LogP contribution is -2.10. The molecule has 0 aromatic heterocycles. The van der Waals surface area contributed by atoms with Crippen molar-refractivity contribution >= 4 is 42.2 Å². The molecule has 0 bridgehead atoms. The van der Waals surface area contributed by atoms with E-state index in [0.29, 0.717) is 8.96 Å². The zero-order chi connectivity index (χ0) is 9.84. The van der Waals surface area contributed by atoms with Crippen LogP contribution in [0.3, 0.4) is 0 Å². The minimum Gasteiger partial charge on any atom is -0.365 e. The van der Waals surface area contributed by atoms with Crippen molar-refractivity contribution in [2.75, 3.05) is 0 Å². The second-order valence-electron chi connectivity index (χ2n) is 2.36. The summed E-state index contributed by atoms with van der Waals surface area (Å²) in [5.41, 5.74) is 6.01. The van der Waals surface area contributed by atoms with Gasteiger partial charge in [0.25, 0.3) is 5.91 Å². The van der Waals surface area contributed by atoms with Gasteiger partial charge in [0.2, 0.25) is 0 Å². The predicted molar refractivity (Wildman–Crippen MR) is 60.4 cm³/mol. The molecule has 1 aromatic carbocycles. The van der Waals surface area contributed by atoms with Crippen molar-refractivity contribution in [1.29, 1.82) is 0 Å². The summed E-state index contributed by atoms with van der Waals surface area (Å²) >= 11 is 6.39. The van der Waals surface area contributed by atoms with E-state index in [0.717, 1.165) is 5.56 Å². The molecule has 0 aliphatic rings. The van der Waals surface area contributed by atoms with Crippen LogP contribution in [0.5, 0.6) is 0 Å². The van der Waals surface area contributed by atoms with Crippen LogP contribution >= 0.6 is 31.9 Å². The Balaban J connectivity index is 3.11. The highest BCUT2D eigenvalue weighted by atomic mass is 79.9. The first-order valence-corrected chi connectivity index (χ1v) is 5.12. The third-order valence-corrected chi connectivity index (χ3v) is 3.61. The Bertz CT molecular complexity index is 346. The molecule has 1 amide bonds. The molecule has 0 saturated heterocycles. The molecule has 0 unspecified atom stereocenters. The van der Waals surface area contributed by atoms with Crippen molar-refractivity contribution in [1.82, 2.24) is 0 Å². The summed E-state index contributed by atoms with van der Waals surface area (Å²) in [4.78, 5) is 10.8. The van der Waals surface area contributed by atoms with Crippen molar-refractivity contribution < 1.29 is 4.79 Å². The quantitative estimate of drug-likeness (QED) is 0.839. The molecule has 13 heavy (non-hydrogen) atoms. The Hall–Kier alpha value is -0.610. The summed E-state index contributed by atoms with van der Waals surface area (Å²) < 4.78 is 1.01. The molecule has 0 heterocycles. The van der Waals surface area contributed by atoms with Gasteiger partial charge in [-0.15, -0.1) is 0 Å². The Morgan fingerprint density at radius 1 is 1.15 bits per heavy atom. The first kappa shape index (κ1) is 10.5. The summed E-state index contributed by atoms with van der Waals surface area (Å²) in [5, 5.41) is 0. The third kappa shape index (κ3) is 2.67. The molecule has 4 heteroatoms. The Morgan fingerprint density at radius 3 is 2.15 bits per heavy atom. The average molecular weight is 305 g/mol. The van der Waals surface area contributed by atoms with Gasteiger partial charge in [0.1, 0.15) is 0 Å². The van der Waals surface area contributed by atoms with Crippen LogP contribution in [0.15, 0.2) is 34.8 Å². The number of hydrogen-bond acceptors (Lipinski definition) is 1. The predicted octanol–water partition coefficient (Wildman–Crippen LogP) is 2.63. The van der Waals surface area contributed by atoms with Gasteiger partial charge in [-0.05, 0) is 37.4 Å². The zero-order valence-electron chi connectivity index (χ0n) is 6.63. The number of carbonyl (C=O) groups is 1. The number of amides is 1. The Kier molecular flexibility index (Phi) is 3.69. The van der Waals surface area contributed by atoms with Crippen molar-refractivity contribution in [3.8, 4) is 0 Å². The zero-order valence-corrected chi connectivity index (χ0v) is 9.80. The molecule has 68 valence electrons. The largest absolute Gasteiger partial charge is 0.365 e. The van der Waals surface area contributed by atoms with Gasteiger partial charge < -0.3 is 5.73 Å². The Morgan fingerprint density at radius 2 is 1.69 bits per heavy atom. The van der Waals surface area contributed by atoms with Gasteiger partial charge in [-0.1, -0.05) is 30.3 Å². The van der Waals surface area contributed by atoms with E-state index >= 15 is 0 Å². The van der Waals surface area contributed by atoms with E-state index in [9.17, 15) is 4.79 Å². The summed E-state index contributed by atoms with van der Waals surface area (Å²) in [7, 11) is 0. The van der Waals surface area contributed by atoms with E-state index in [-0.39, 0.29) is 0 Å². The number of carbonyl (C=O) groups excluding carboxylic acids is 1. The number of rotatable bonds is 2. The van der Waals surface area contributed by atoms with Gasteiger partial charge in [0.05, 0.1) is 4.48 Å². The van der Waals surface area contributed by atoms with E-state index in [1.54, 1.807) is 0 Å². The number of nitrogens with two attached hydrogens (primary N) is 1. The van der Waals surface area contributed by atoms with Crippen LogP contribution in [0.1, 0.15) is 5.56 Å². The first-order valence-electron chi connectivity index (χ1n) is 3.53. The van der Waals surface area contributed by atoms with Crippen LogP contribution in [0.2, 0.25) is 0 Å². The number of halogens is 2. The maximum atomic E-state index is 10.8. The topological polar surface area (TPSA) is 43.1 Å². The Labute approximate surface area is 93.1 Å². The van der Waals surface area contributed by atoms with Crippen LogP contribution in [-0.2, 0) is 4.79 Å². The van der Waals surface area contributed by atoms with E-state index < -0.39 is 5.91 Å². The fraction of sp³-hybridized carbons (Fsp3) is 0. The minimum atomic E-state index is -0.490. The third-order valence-electron chi connectivity index (χ3n) is 1.44. The highest BCUT2D eigenvalue weighted by Gasteiger charge is 2.07. The molecule has 0 aliphatic carbocycles. The molecule has 0 aliphatic heterocycles. The molecular weight excluding hydrogens is 298 g/mol. The number of primary amides is 1. The summed E-state index contributed by atoms with van der Waals surface area (Å²) in [5.74, 6) is -0.490. The molecule has 0 spiro atoms. The second-order valence-corrected chi connectivity index (χ2v) is 3.94. The summed E-state index contributed by atoms with van der Waals surface area (Å²) in [6, 6.07) is 9.44. The van der Waals surface area contributed by atoms with Crippen molar-refractivity contribution in [3.05, 3.63) is 40.4 Å². The van der Waals surface area contributed by atoms with Gasteiger partial charge >= 0.3 is 0 Å². The maximum absolute atomic E-state index is 10.8. The van der Waals surface area contributed by atoms with Crippen molar-refractivity contribution in [3.63, 3.8) is 0 Å². The maximum Gasteiger partial charge on any atom is 0.256 e. The summed E-state index contributed by atoms with van der Waals surface area (Å²) in [6.45, 7) is 0. The van der Waals surface area contributed by atoms with Crippen LogP contribution in [0.25, 0.3) is 4.48 Å². The molecule has 0 fully saturated rings. The number of benzene rings is 1.